The number of hydrogen-bond acceptors (Lipinski definition) is 5. The molecule has 0 aliphatic heterocycles. The standard InChI is InChI=1S/C25H20N2O4S/c1-30-20-11-6-5-10-18(20)13-14-21(28)26-25-23(24(29)27-22-12-7-15-31-22)19(16-32-25)17-8-3-2-4-9-17/h2-16H,1H3,(H,26,28)(H,27,29). The molecule has 2 amide bonds. The second-order valence-corrected chi connectivity index (χ2v) is 7.60. The fourth-order valence-corrected chi connectivity index (χ4v) is 4.12. The lowest BCUT2D eigenvalue weighted by molar-refractivity contribution is -0.111. The molecule has 2 heterocycles. The van der Waals surface area contributed by atoms with Crippen molar-refractivity contribution < 1.29 is 18.7 Å². The molecule has 2 N–H and O–H groups in total. The van der Waals surface area contributed by atoms with E-state index in [-0.39, 0.29) is 11.8 Å². The molecule has 2 aromatic heterocycles. The number of ether oxygens (including phenoxy) is 1. The molecule has 7 heteroatoms. The molecule has 160 valence electrons. The van der Waals surface area contributed by atoms with Crippen LogP contribution in [0.1, 0.15) is 15.9 Å². The van der Waals surface area contributed by atoms with E-state index in [0.29, 0.717) is 22.2 Å². The van der Waals surface area contributed by atoms with Gasteiger partial charge in [-0.15, -0.1) is 11.3 Å². The van der Waals surface area contributed by atoms with Gasteiger partial charge in [-0.1, -0.05) is 48.5 Å². The van der Waals surface area contributed by atoms with Crippen LogP contribution in [0.3, 0.4) is 0 Å². The predicted molar refractivity (Wildman–Crippen MR) is 127 cm³/mol. The summed E-state index contributed by atoms with van der Waals surface area (Å²) in [6, 6.07) is 20.3. The number of furan rings is 1. The van der Waals surface area contributed by atoms with E-state index < -0.39 is 0 Å². The van der Waals surface area contributed by atoms with Crippen molar-refractivity contribution in [1.29, 1.82) is 0 Å². The lowest BCUT2D eigenvalue weighted by Crippen LogP contribution is -2.16. The predicted octanol–water partition coefficient (Wildman–Crippen LogP) is 5.92. The minimum atomic E-state index is -0.371. The van der Waals surface area contributed by atoms with Crippen molar-refractivity contribution in [1.82, 2.24) is 0 Å². The van der Waals surface area contributed by atoms with Gasteiger partial charge < -0.3 is 14.5 Å². The lowest BCUT2D eigenvalue weighted by atomic mass is 10.0. The van der Waals surface area contributed by atoms with Crippen molar-refractivity contribution in [2.75, 3.05) is 17.7 Å². The van der Waals surface area contributed by atoms with Crippen LogP contribution in [-0.4, -0.2) is 18.9 Å². The monoisotopic (exact) mass is 444 g/mol. The Kier molecular flexibility index (Phi) is 6.48. The van der Waals surface area contributed by atoms with E-state index >= 15 is 0 Å². The van der Waals surface area contributed by atoms with Gasteiger partial charge in [0.15, 0.2) is 5.88 Å². The van der Waals surface area contributed by atoms with Crippen LogP contribution in [0.2, 0.25) is 0 Å². The summed E-state index contributed by atoms with van der Waals surface area (Å²) < 4.78 is 10.5. The average Bonchev–Trinajstić information content (AvgIpc) is 3.48. The summed E-state index contributed by atoms with van der Waals surface area (Å²) in [5, 5.41) is 7.87. The highest BCUT2D eigenvalue weighted by atomic mass is 32.1. The highest BCUT2D eigenvalue weighted by molar-refractivity contribution is 7.15. The Morgan fingerprint density at radius 3 is 2.50 bits per heavy atom. The van der Waals surface area contributed by atoms with Crippen LogP contribution in [0, 0.1) is 0 Å². The number of anilines is 2. The first-order valence-electron chi connectivity index (χ1n) is 9.79. The lowest BCUT2D eigenvalue weighted by Gasteiger charge is -2.08. The first-order valence-corrected chi connectivity index (χ1v) is 10.7. The zero-order valence-corrected chi connectivity index (χ0v) is 18.0. The summed E-state index contributed by atoms with van der Waals surface area (Å²) in [6.07, 6.45) is 4.56. The van der Waals surface area contributed by atoms with E-state index in [1.54, 1.807) is 25.3 Å². The summed E-state index contributed by atoms with van der Waals surface area (Å²) in [5.41, 5.74) is 2.75. The number of rotatable bonds is 7. The van der Waals surface area contributed by atoms with Crippen molar-refractivity contribution in [2.24, 2.45) is 0 Å². The van der Waals surface area contributed by atoms with Gasteiger partial charge in [0.1, 0.15) is 10.8 Å². The molecule has 6 nitrogen and oxygen atoms in total. The van der Waals surface area contributed by atoms with Gasteiger partial charge in [0, 0.05) is 28.6 Å². The van der Waals surface area contributed by atoms with Crippen molar-refractivity contribution in [2.45, 2.75) is 0 Å². The van der Waals surface area contributed by atoms with Gasteiger partial charge >= 0.3 is 0 Å². The van der Waals surface area contributed by atoms with E-state index in [2.05, 4.69) is 10.6 Å². The molecule has 4 aromatic rings. The maximum Gasteiger partial charge on any atom is 0.261 e. The van der Waals surface area contributed by atoms with Crippen molar-refractivity contribution in [3.05, 3.63) is 95.6 Å². The van der Waals surface area contributed by atoms with E-state index in [1.807, 2.05) is 60.0 Å². The van der Waals surface area contributed by atoms with Crippen molar-refractivity contribution in [3.63, 3.8) is 0 Å². The van der Waals surface area contributed by atoms with Crippen LogP contribution >= 0.6 is 11.3 Å². The van der Waals surface area contributed by atoms with Gasteiger partial charge in [-0.2, -0.15) is 0 Å². The SMILES string of the molecule is COc1ccccc1C=CC(=O)Nc1scc(-c2ccccc2)c1C(=O)Nc1ccco1. The highest BCUT2D eigenvalue weighted by Gasteiger charge is 2.22. The van der Waals surface area contributed by atoms with E-state index in [0.717, 1.165) is 16.7 Å². The molecule has 0 saturated carbocycles. The molecular weight excluding hydrogens is 424 g/mol. The third-order valence-electron chi connectivity index (χ3n) is 4.65. The second-order valence-electron chi connectivity index (χ2n) is 6.72. The first-order chi connectivity index (χ1) is 15.7. The molecule has 0 atom stereocenters. The highest BCUT2D eigenvalue weighted by Crippen LogP contribution is 2.36. The zero-order valence-electron chi connectivity index (χ0n) is 17.2. The number of para-hydroxylation sites is 1. The van der Waals surface area contributed by atoms with Crippen LogP contribution in [0.15, 0.2) is 88.9 Å². The minimum Gasteiger partial charge on any atom is -0.496 e. The van der Waals surface area contributed by atoms with Gasteiger partial charge in [0.25, 0.3) is 5.91 Å². The number of amides is 2. The molecule has 0 bridgehead atoms. The molecule has 0 radical (unpaired) electrons. The fraction of sp³-hybridized carbons (Fsp3) is 0.0400. The molecular formula is C25H20N2O4S. The molecule has 0 spiro atoms. The smallest absolute Gasteiger partial charge is 0.261 e. The topological polar surface area (TPSA) is 80.6 Å². The van der Waals surface area contributed by atoms with Gasteiger partial charge in [0.2, 0.25) is 5.91 Å². The Hall–Kier alpha value is -4.10. The largest absolute Gasteiger partial charge is 0.496 e. The minimum absolute atomic E-state index is 0.327. The molecule has 0 saturated heterocycles. The Morgan fingerprint density at radius 2 is 1.75 bits per heavy atom. The Morgan fingerprint density at radius 1 is 0.969 bits per heavy atom. The normalized spacial score (nSPS) is 10.8. The second kappa shape index (κ2) is 9.80. The zero-order chi connectivity index (χ0) is 22.3. The number of hydrogen-bond donors (Lipinski definition) is 2. The Balaban J connectivity index is 1.61. The molecule has 4 rings (SSSR count). The Bertz CT molecular complexity index is 1240. The van der Waals surface area contributed by atoms with E-state index in [9.17, 15) is 9.59 Å². The average molecular weight is 445 g/mol. The third kappa shape index (κ3) is 4.79. The van der Waals surface area contributed by atoms with E-state index in [4.69, 9.17) is 9.15 Å². The Labute approximate surface area is 189 Å². The fourth-order valence-electron chi connectivity index (χ4n) is 3.15. The summed E-state index contributed by atoms with van der Waals surface area (Å²) >= 11 is 1.29. The molecule has 0 unspecified atom stereocenters. The number of benzene rings is 2. The van der Waals surface area contributed by atoms with E-state index in [1.165, 1.54) is 23.7 Å². The summed E-state index contributed by atoms with van der Waals surface area (Å²) in [6.45, 7) is 0. The quantitative estimate of drug-likeness (QED) is 0.347. The molecule has 2 aromatic carbocycles. The van der Waals surface area contributed by atoms with Crippen molar-refractivity contribution >= 4 is 40.1 Å². The number of nitrogens with one attached hydrogen (secondary N) is 2. The number of methoxy groups -OCH3 is 1. The molecule has 0 aliphatic carbocycles. The number of thiophene rings is 1. The maximum atomic E-state index is 13.1. The van der Waals surface area contributed by atoms with Crippen LogP contribution in [-0.2, 0) is 4.79 Å². The maximum absolute atomic E-state index is 13.1. The summed E-state index contributed by atoms with van der Waals surface area (Å²) in [5.74, 6) is 0.264. The molecule has 0 fully saturated rings. The van der Waals surface area contributed by atoms with Crippen LogP contribution in [0.5, 0.6) is 5.75 Å². The molecule has 0 aliphatic rings. The van der Waals surface area contributed by atoms with Crippen LogP contribution in [0.25, 0.3) is 17.2 Å². The van der Waals surface area contributed by atoms with Crippen LogP contribution in [0.4, 0.5) is 10.9 Å². The van der Waals surface area contributed by atoms with Gasteiger partial charge in [0.05, 0.1) is 18.9 Å². The van der Waals surface area contributed by atoms with Gasteiger partial charge in [-0.3, -0.25) is 14.9 Å². The molecule has 32 heavy (non-hydrogen) atoms. The summed E-state index contributed by atoms with van der Waals surface area (Å²) in [7, 11) is 1.58. The number of carbonyl (C=O) groups excluding carboxylic acids is 2. The summed E-state index contributed by atoms with van der Waals surface area (Å²) in [4.78, 5) is 25.7. The van der Waals surface area contributed by atoms with Crippen LogP contribution < -0.4 is 15.4 Å². The van der Waals surface area contributed by atoms with Crippen molar-refractivity contribution in [3.8, 4) is 16.9 Å². The van der Waals surface area contributed by atoms with Gasteiger partial charge in [-0.05, 0) is 23.8 Å². The third-order valence-corrected chi connectivity index (χ3v) is 5.55. The first kappa shape index (κ1) is 21.1. The van der Waals surface area contributed by atoms with Gasteiger partial charge in [-0.25, -0.2) is 0 Å². The number of carbonyl (C=O) groups is 2.